The van der Waals surface area contributed by atoms with E-state index < -0.39 is 48.2 Å². The molecule has 37 heavy (non-hydrogen) atoms. The summed E-state index contributed by atoms with van der Waals surface area (Å²) in [6, 6.07) is 2.11. The molecule has 1 aliphatic heterocycles. The standard InChI is InChI=1S/C23H24ClF6N5O2/c1-3-17(18(24)13-32-2)20(31)35(16-6-4-14(5-7-16)23(28,29)30)21(37)33-15-8-10-34(11-9-15)19(36)12-22(25,26)27/h3-7,13,15,31H,2,8-12H2,1H3,(H,33,37)/b17-3+,18-13+,31-20?. The van der Waals surface area contributed by atoms with Gasteiger partial charge in [0, 0.05) is 30.9 Å². The lowest BCUT2D eigenvalue weighted by molar-refractivity contribution is -0.162. The number of hydrogen-bond acceptors (Lipinski definition) is 4. The van der Waals surface area contributed by atoms with E-state index in [4.69, 9.17) is 17.0 Å². The van der Waals surface area contributed by atoms with Gasteiger partial charge in [-0.15, -0.1) is 0 Å². The minimum absolute atomic E-state index is 0.0305. The molecule has 1 aromatic carbocycles. The first-order valence-corrected chi connectivity index (χ1v) is 11.2. The Morgan fingerprint density at radius 1 is 1.19 bits per heavy atom. The number of anilines is 1. The third kappa shape index (κ3) is 8.34. The monoisotopic (exact) mass is 551 g/mol. The number of amidine groups is 1. The molecule has 1 saturated heterocycles. The molecule has 1 aliphatic rings. The molecule has 0 atom stereocenters. The van der Waals surface area contributed by atoms with Gasteiger partial charge in [-0.3, -0.25) is 15.2 Å². The minimum atomic E-state index is -4.63. The molecule has 0 aliphatic carbocycles. The predicted molar refractivity (Wildman–Crippen MR) is 128 cm³/mol. The number of piperidine rings is 1. The van der Waals surface area contributed by atoms with Gasteiger partial charge < -0.3 is 10.2 Å². The largest absolute Gasteiger partial charge is 0.416 e. The van der Waals surface area contributed by atoms with Crippen molar-refractivity contribution in [3.8, 4) is 0 Å². The maximum atomic E-state index is 13.2. The lowest BCUT2D eigenvalue weighted by Gasteiger charge is -2.34. The molecular formula is C23H24ClF6N5O2. The quantitative estimate of drug-likeness (QED) is 0.200. The number of carbonyl (C=O) groups is 2. The highest BCUT2D eigenvalue weighted by Crippen LogP contribution is 2.31. The van der Waals surface area contributed by atoms with E-state index in [1.807, 2.05) is 0 Å². The highest BCUT2D eigenvalue weighted by molar-refractivity contribution is 6.38. The van der Waals surface area contributed by atoms with Gasteiger partial charge in [0.1, 0.15) is 12.3 Å². The zero-order valence-electron chi connectivity index (χ0n) is 19.6. The Kier molecular flexibility index (Phi) is 9.90. The van der Waals surface area contributed by atoms with E-state index in [1.54, 1.807) is 0 Å². The van der Waals surface area contributed by atoms with E-state index in [-0.39, 0.29) is 42.2 Å². The molecule has 2 rings (SSSR count). The second-order valence-electron chi connectivity index (χ2n) is 7.99. The van der Waals surface area contributed by atoms with Crippen molar-refractivity contribution in [3.05, 3.63) is 52.7 Å². The molecule has 7 nitrogen and oxygen atoms in total. The Balaban J connectivity index is 2.26. The van der Waals surface area contributed by atoms with Crippen molar-refractivity contribution in [3.63, 3.8) is 0 Å². The van der Waals surface area contributed by atoms with E-state index in [1.165, 1.54) is 13.0 Å². The number of rotatable bonds is 6. The molecule has 0 unspecified atom stereocenters. The van der Waals surface area contributed by atoms with Gasteiger partial charge >= 0.3 is 18.4 Å². The van der Waals surface area contributed by atoms with Gasteiger partial charge in [0.15, 0.2) is 0 Å². The summed E-state index contributed by atoms with van der Waals surface area (Å²) in [6.45, 7) is 4.73. The van der Waals surface area contributed by atoms with Crippen molar-refractivity contribution in [2.45, 2.75) is 44.6 Å². The van der Waals surface area contributed by atoms with Crippen LogP contribution in [-0.2, 0) is 11.0 Å². The Hall–Kier alpha value is -3.35. The number of allylic oxidation sites excluding steroid dienone is 1. The maximum Gasteiger partial charge on any atom is 0.416 e. The number of nitrogens with one attached hydrogen (secondary N) is 2. The van der Waals surface area contributed by atoms with Crippen LogP contribution in [0.25, 0.3) is 0 Å². The summed E-state index contributed by atoms with van der Waals surface area (Å²) in [6.07, 6.45) is -8.02. The van der Waals surface area contributed by atoms with Crippen LogP contribution in [0.2, 0.25) is 0 Å². The van der Waals surface area contributed by atoms with Crippen molar-refractivity contribution in [2.24, 2.45) is 4.99 Å². The lowest BCUT2D eigenvalue weighted by atomic mass is 10.0. The van der Waals surface area contributed by atoms with Gasteiger partial charge in [-0.1, -0.05) is 17.7 Å². The Morgan fingerprint density at radius 2 is 1.76 bits per heavy atom. The molecule has 0 radical (unpaired) electrons. The van der Waals surface area contributed by atoms with Crippen molar-refractivity contribution < 1.29 is 35.9 Å². The first-order valence-electron chi connectivity index (χ1n) is 10.9. The van der Waals surface area contributed by atoms with Gasteiger partial charge in [-0.05, 0) is 50.7 Å². The fraction of sp³-hybridized carbons (Fsp3) is 0.391. The highest BCUT2D eigenvalue weighted by atomic mass is 35.5. The van der Waals surface area contributed by atoms with Gasteiger partial charge in [-0.2, -0.15) is 26.3 Å². The maximum absolute atomic E-state index is 13.2. The second-order valence-corrected chi connectivity index (χ2v) is 8.39. The molecule has 0 saturated carbocycles. The van der Waals surface area contributed by atoms with Crippen LogP contribution in [0.1, 0.15) is 31.7 Å². The number of likely N-dealkylation sites (tertiary alicyclic amines) is 1. The molecule has 0 bridgehead atoms. The molecule has 0 spiro atoms. The summed E-state index contributed by atoms with van der Waals surface area (Å²) in [7, 11) is 0. The van der Waals surface area contributed by atoms with Crippen LogP contribution in [0.5, 0.6) is 0 Å². The van der Waals surface area contributed by atoms with E-state index in [0.29, 0.717) is 0 Å². The molecule has 14 heteroatoms. The number of carbonyl (C=O) groups excluding carboxylic acids is 2. The normalized spacial score (nSPS) is 15.8. The van der Waals surface area contributed by atoms with Gasteiger partial charge in [0.25, 0.3) is 0 Å². The molecular weight excluding hydrogens is 528 g/mol. The Labute approximate surface area is 214 Å². The molecule has 1 heterocycles. The van der Waals surface area contributed by atoms with Crippen LogP contribution in [0.15, 0.2) is 52.1 Å². The van der Waals surface area contributed by atoms with Crippen LogP contribution in [0, 0.1) is 5.41 Å². The van der Waals surface area contributed by atoms with Crippen molar-refractivity contribution in [2.75, 3.05) is 18.0 Å². The van der Waals surface area contributed by atoms with Crippen LogP contribution in [-0.4, -0.2) is 54.7 Å². The fourth-order valence-corrected chi connectivity index (χ4v) is 3.87. The predicted octanol–water partition coefficient (Wildman–Crippen LogP) is 5.87. The molecule has 1 aromatic rings. The zero-order chi connectivity index (χ0) is 28.0. The molecule has 202 valence electrons. The molecule has 2 N–H and O–H groups in total. The van der Waals surface area contributed by atoms with Gasteiger partial charge in [-0.25, -0.2) is 9.69 Å². The summed E-state index contributed by atoms with van der Waals surface area (Å²) in [5.41, 5.74) is -0.987. The minimum Gasteiger partial charge on any atom is -0.342 e. The first-order chi connectivity index (χ1) is 17.2. The average molecular weight is 552 g/mol. The zero-order valence-corrected chi connectivity index (χ0v) is 20.3. The Bertz CT molecular complexity index is 1070. The topological polar surface area (TPSA) is 88.9 Å². The number of nitrogens with zero attached hydrogens (tertiary/aromatic N) is 3. The first kappa shape index (κ1) is 29.9. The lowest BCUT2D eigenvalue weighted by Crippen LogP contribution is -2.52. The van der Waals surface area contributed by atoms with Crippen LogP contribution in [0.4, 0.5) is 36.8 Å². The Morgan fingerprint density at radius 3 is 2.22 bits per heavy atom. The second kappa shape index (κ2) is 12.3. The number of halogens is 7. The summed E-state index contributed by atoms with van der Waals surface area (Å²) >= 11 is 6.14. The number of aliphatic imine (C=N–C) groups is 1. The summed E-state index contributed by atoms with van der Waals surface area (Å²) in [5.74, 6) is -1.54. The smallest absolute Gasteiger partial charge is 0.342 e. The highest BCUT2D eigenvalue weighted by Gasteiger charge is 2.36. The van der Waals surface area contributed by atoms with E-state index in [0.717, 1.165) is 40.3 Å². The fourth-order valence-electron chi connectivity index (χ4n) is 3.60. The molecule has 3 amide bonds. The van der Waals surface area contributed by atoms with Crippen LogP contribution >= 0.6 is 11.6 Å². The summed E-state index contributed by atoms with van der Waals surface area (Å²) < 4.78 is 76.6. The average Bonchev–Trinajstić information content (AvgIpc) is 2.79. The number of amides is 3. The van der Waals surface area contributed by atoms with Gasteiger partial charge in [0.2, 0.25) is 5.91 Å². The number of urea groups is 1. The number of benzene rings is 1. The summed E-state index contributed by atoms with van der Waals surface area (Å²) in [5, 5.41) is 11.2. The molecule has 1 fully saturated rings. The number of alkyl halides is 6. The van der Waals surface area contributed by atoms with E-state index >= 15 is 0 Å². The summed E-state index contributed by atoms with van der Waals surface area (Å²) in [4.78, 5) is 30.4. The van der Waals surface area contributed by atoms with Crippen molar-refractivity contribution in [1.29, 1.82) is 5.41 Å². The van der Waals surface area contributed by atoms with Crippen LogP contribution < -0.4 is 10.2 Å². The SMILES string of the molecule is C=N/C=C(Cl)\C(=C/C)C(=N)N(C(=O)NC1CCN(C(=O)CC(F)(F)F)CC1)c1ccc(C(F)(F)F)cc1. The van der Waals surface area contributed by atoms with Crippen LogP contribution in [0.3, 0.4) is 0 Å². The third-order valence-corrected chi connectivity index (χ3v) is 5.71. The van der Waals surface area contributed by atoms with Crippen molar-refractivity contribution >= 4 is 41.8 Å². The molecule has 0 aromatic heterocycles. The van der Waals surface area contributed by atoms with E-state index in [2.05, 4.69) is 17.0 Å². The van der Waals surface area contributed by atoms with Crippen molar-refractivity contribution in [1.82, 2.24) is 10.2 Å². The van der Waals surface area contributed by atoms with Gasteiger partial charge in [0.05, 0.1) is 16.3 Å². The van der Waals surface area contributed by atoms with E-state index in [9.17, 15) is 35.9 Å². The number of hydrogen-bond donors (Lipinski definition) is 2. The third-order valence-electron chi connectivity index (χ3n) is 5.41.